The largest absolute Gasteiger partial charge is 0.335 e. The highest BCUT2D eigenvalue weighted by Gasteiger charge is 2.29. The van der Waals surface area contributed by atoms with Crippen molar-refractivity contribution in [1.29, 1.82) is 0 Å². The second-order valence-corrected chi connectivity index (χ2v) is 11.4. The molecule has 0 unspecified atom stereocenters. The Morgan fingerprint density at radius 1 is 1.25 bits per heavy atom. The van der Waals surface area contributed by atoms with E-state index in [1.807, 2.05) is 6.92 Å². The zero-order valence-corrected chi connectivity index (χ0v) is 19.9. The van der Waals surface area contributed by atoms with E-state index >= 15 is 0 Å². The molecule has 8 nitrogen and oxygen atoms in total. The molecule has 0 spiro atoms. The topological polar surface area (TPSA) is 103 Å². The summed E-state index contributed by atoms with van der Waals surface area (Å²) in [5.74, 6) is 0.191. The van der Waals surface area contributed by atoms with Crippen LogP contribution in [-0.4, -0.2) is 53.1 Å². The Morgan fingerprint density at radius 2 is 2.00 bits per heavy atom. The van der Waals surface area contributed by atoms with Crippen LogP contribution in [0.5, 0.6) is 0 Å². The molecule has 0 bridgehead atoms. The van der Waals surface area contributed by atoms with E-state index in [2.05, 4.69) is 9.97 Å². The molecular formula is C21H23ClN4O4S2. The Kier molecular flexibility index (Phi) is 6.66. The molecule has 4 rings (SSSR count). The number of rotatable bonds is 7. The van der Waals surface area contributed by atoms with Crippen molar-refractivity contribution in [3.63, 3.8) is 0 Å². The summed E-state index contributed by atoms with van der Waals surface area (Å²) in [5, 5.41) is 0.903. The van der Waals surface area contributed by atoms with Crippen molar-refractivity contribution in [1.82, 2.24) is 19.2 Å². The van der Waals surface area contributed by atoms with E-state index in [4.69, 9.17) is 11.6 Å². The third-order valence-corrected chi connectivity index (χ3v) is 9.10. The highest BCUT2D eigenvalue weighted by atomic mass is 35.5. The number of sulfonamides is 1. The molecule has 1 N–H and O–H groups in total. The van der Waals surface area contributed by atoms with E-state index in [9.17, 15) is 18.0 Å². The van der Waals surface area contributed by atoms with Crippen LogP contribution in [0.3, 0.4) is 0 Å². The van der Waals surface area contributed by atoms with Gasteiger partial charge in [-0.05, 0) is 50.1 Å². The monoisotopic (exact) mass is 494 g/mol. The van der Waals surface area contributed by atoms with E-state index in [1.165, 1.54) is 4.31 Å². The van der Waals surface area contributed by atoms with Gasteiger partial charge < -0.3 is 9.88 Å². The summed E-state index contributed by atoms with van der Waals surface area (Å²) < 4.78 is 27.2. The van der Waals surface area contributed by atoms with Gasteiger partial charge in [0.05, 0.1) is 23.9 Å². The van der Waals surface area contributed by atoms with Gasteiger partial charge in [-0.25, -0.2) is 13.4 Å². The molecule has 1 saturated heterocycles. The molecule has 0 saturated carbocycles. The van der Waals surface area contributed by atoms with Gasteiger partial charge in [-0.2, -0.15) is 4.31 Å². The summed E-state index contributed by atoms with van der Waals surface area (Å²) in [7, 11) is -3.49. The first-order chi connectivity index (χ1) is 15.3. The number of nitrogens with one attached hydrogen (secondary N) is 1. The maximum absolute atomic E-state index is 12.9. The van der Waals surface area contributed by atoms with Gasteiger partial charge in [0.25, 0.3) is 15.6 Å². The number of carbonyl (C=O) groups excluding carboxylic acids is 1. The zero-order valence-electron chi connectivity index (χ0n) is 17.5. The molecule has 1 aliphatic heterocycles. The fourth-order valence-corrected chi connectivity index (χ4v) is 6.89. The first-order valence-electron chi connectivity index (χ1n) is 10.3. The van der Waals surface area contributed by atoms with Gasteiger partial charge in [-0.15, -0.1) is 11.3 Å². The highest BCUT2D eigenvalue weighted by Crippen LogP contribution is 2.28. The van der Waals surface area contributed by atoms with Crippen molar-refractivity contribution in [3.05, 3.63) is 56.4 Å². The van der Waals surface area contributed by atoms with Crippen molar-refractivity contribution >= 4 is 49.8 Å². The minimum absolute atomic E-state index is 0.0810. The second-order valence-electron chi connectivity index (χ2n) is 7.59. The summed E-state index contributed by atoms with van der Waals surface area (Å²) >= 11 is 7.14. The lowest BCUT2D eigenvalue weighted by Crippen LogP contribution is -2.33. The molecule has 32 heavy (non-hydrogen) atoms. The number of hydrogen-bond donors (Lipinski definition) is 1. The average molecular weight is 495 g/mol. The van der Waals surface area contributed by atoms with Crippen LogP contribution in [-0.2, 0) is 27.8 Å². The molecule has 11 heteroatoms. The molecule has 0 aliphatic carbocycles. The Hall–Kier alpha value is -2.27. The number of halogens is 1. The third-order valence-electron chi connectivity index (χ3n) is 5.41. The van der Waals surface area contributed by atoms with E-state index in [-0.39, 0.29) is 28.6 Å². The Labute approximate surface area is 194 Å². The van der Waals surface area contributed by atoms with Crippen LogP contribution in [0.15, 0.2) is 39.3 Å². The maximum atomic E-state index is 12.9. The summed E-state index contributed by atoms with van der Waals surface area (Å²) in [6, 6.07) is 8.12. The smallest absolute Gasteiger partial charge is 0.258 e. The number of aromatic amines is 1. The molecule has 1 fully saturated rings. The number of fused-ring (bicyclic) bond motifs is 1. The molecule has 1 aliphatic rings. The molecule has 1 amide bonds. The third kappa shape index (κ3) is 4.73. The van der Waals surface area contributed by atoms with Gasteiger partial charge in [-0.3, -0.25) is 9.59 Å². The number of hydrogen-bond acceptors (Lipinski definition) is 6. The van der Waals surface area contributed by atoms with E-state index in [1.54, 1.807) is 35.2 Å². The molecule has 2 aromatic heterocycles. The first kappa shape index (κ1) is 22.9. The molecule has 1 aromatic carbocycles. The van der Waals surface area contributed by atoms with Gasteiger partial charge in [0.2, 0.25) is 5.91 Å². The lowest BCUT2D eigenvalue weighted by atomic mass is 10.2. The van der Waals surface area contributed by atoms with Crippen LogP contribution in [0.2, 0.25) is 5.02 Å². The second kappa shape index (κ2) is 9.30. The van der Waals surface area contributed by atoms with Gasteiger partial charge in [0.1, 0.15) is 10.0 Å². The normalized spacial score (nSPS) is 14.8. The number of likely N-dealkylation sites (N-methyl/N-ethyl adjacent to an activating group) is 1. The van der Waals surface area contributed by atoms with Crippen LogP contribution in [0.1, 0.15) is 30.5 Å². The summed E-state index contributed by atoms with van der Waals surface area (Å²) in [5.41, 5.74) is 0.176. The lowest BCUT2D eigenvalue weighted by Gasteiger charge is -2.20. The predicted molar refractivity (Wildman–Crippen MR) is 124 cm³/mol. The predicted octanol–water partition coefficient (Wildman–Crippen LogP) is 3.01. The minimum atomic E-state index is -3.49. The fraction of sp³-hybridized carbons (Fsp3) is 0.381. The number of aromatic nitrogens is 2. The van der Waals surface area contributed by atoms with Crippen molar-refractivity contribution < 1.29 is 13.2 Å². The molecule has 3 aromatic rings. The van der Waals surface area contributed by atoms with E-state index in [0.717, 1.165) is 24.2 Å². The Bertz CT molecular complexity index is 1310. The van der Waals surface area contributed by atoms with Crippen LogP contribution < -0.4 is 5.56 Å². The minimum Gasteiger partial charge on any atom is -0.335 e. The van der Waals surface area contributed by atoms with Gasteiger partial charge in [0, 0.05) is 29.5 Å². The van der Waals surface area contributed by atoms with Crippen molar-refractivity contribution in [2.24, 2.45) is 0 Å². The van der Waals surface area contributed by atoms with E-state index < -0.39 is 10.0 Å². The molecule has 170 valence electrons. The fourth-order valence-electron chi connectivity index (χ4n) is 3.70. The van der Waals surface area contributed by atoms with Crippen molar-refractivity contribution in [3.8, 4) is 0 Å². The highest BCUT2D eigenvalue weighted by molar-refractivity contribution is 7.91. The number of thiophene rings is 1. The number of H-pyrrole nitrogens is 1. The van der Waals surface area contributed by atoms with Crippen LogP contribution in [0, 0.1) is 0 Å². The average Bonchev–Trinajstić information content (AvgIpc) is 3.44. The summed E-state index contributed by atoms with van der Waals surface area (Å²) in [6.45, 7) is 3.48. The summed E-state index contributed by atoms with van der Waals surface area (Å²) in [6.07, 6.45) is 1.83. The van der Waals surface area contributed by atoms with Crippen LogP contribution >= 0.6 is 22.9 Å². The molecule has 3 heterocycles. The zero-order chi connectivity index (χ0) is 22.9. The van der Waals surface area contributed by atoms with Gasteiger partial charge >= 0.3 is 0 Å². The Morgan fingerprint density at radius 3 is 2.72 bits per heavy atom. The number of carbonyl (C=O) groups is 1. The lowest BCUT2D eigenvalue weighted by molar-refractivity contribution is -0.130. The number of benzene rings is 1. The first-order valence-corrected chi connectivity index (χ1v) is 13.0. The quantitative estimate of drug-likeness (QED) is 0.543. The summed E-state index contributed by atoms with van der Waals surface area (Å²) in [4.78, 5) is 34.7. The molecular weight excluding hydrogens is 472 g/mol. The number of amides is 1. The van der Waals surface area contributed by atoms with Crippen LogP contribution in [0.25, 0.3) is 10.9 Å². The maximum Gasteiger partial charge on any atom is 0.258 e. The van der Waals surface area contributed by atoms with Gasteiger partial charge in [0.15, 0.2) is 0 Å². The number of nitrogens with zero attached hydrogens (tertiary/aromatic N) is 3. The van der Waals surface area contributed by atoms with E-state index in [0.29, 0.717) is 46.3 Å². The Balaban J connectivity index is 1.49. The van der Waals surface area contributed by atoms with Crippen LogP contribution in [0.4, 0.5) is 0 Å². The molecule has 0 radical (unpaired) electrons. The molecule has 0 atom stereocenters. The van der Waals surface area contributed by atoms with Gasteiger partial charge in [-0.1, -0.05) is 11.6 Å². The SMILES string of the molecule is CCN(Cc1nc2cc(Cl)ccc2c(=O)[nH]1)C(=O)Cc1ccc(S(=O)(=O)N2CCCC2)s1. The standard InChI is InChI=1S/C21H23ClN4O4S2/c1-2-25(13-18-23-17-11-14(22)5-7-16(17)21(28)24-18)19(27)12-15-6-8-20(31-15)32(29,30)26-9-3-4-10-26/h5-8,11H,2-4,9-10,12-13H2,1H3,(H,23,24,28). The van der Waals surface area contributed by atoms with Crippen molar-refractivity contribution in [2.75, 3.05) is 19.6 Å². The van der Waals surface area contributed by atoms with Crippen molar-refractivity contribution in [2.45, 2.75) is 36.9 Å².